The van der Waals surface area contributed by atoms with Gasteiger partial charge in [0.2, 0.25) is 0 Å². The molecule has 0 aliphatic heterocycles. The molecule has 1 amide bonds. The van der Waals surface area contributed by atoms with Crippen LogP contribution in [-0.2, 0) is 0 Å². The van der Waals surface area contributed by atoms with E-state index in [1.807, 2.05) is 18.2 Å². The van der Waals surface area contributed by atoms with E-state index in [0.717, 1.165) is 12.5 Å². The van der Waals surface area contributed by atoms with E-state index in [-0.39, 0.29) is 5.91 Å². The fourth-order valence-corrected chi connectivity index (χ4v) is 2.70. The van der Waals surface area contributed by atoms with Crippen LogP contribution in [0.4, 0.5) is 0 Å². The highest BCUT2D eigenvalue weighted by Gasteiger charge is 2.19. The van der Waals surface area contributed by atoms with Crippen LogP contribution in [0, 0.1) is 11.8 Å². The van der Waals surface area contributed by atoms with Gasteiger partial charge in [-0.1, -0.05) is 31.9 Å². The zero-order valence-electron chi connectivity index (χ0n) is 11.8. The van der Waals surface area contributed by atoms with Crippen molar-refractivity contribution >= 4 is 5.91 Å². The summed E-state index contributed by atoms with van der Waals surface area (Å²) < 4.78 is 5.21. The third kappa shape index (κ3) is 3.72. The number of nitrogens with one attached hydrogen (secondary N) is 1. The number of hydrogen-bond acceptors (Lipinski definition) is 2. The molecule has 1 aromatic carbocycles. The molecule has 104 valence electrons. The summed E-state index contributed by atoms with van der Waals surface area (Å²) in [6, 6.07) is 7.35. The quantitative estimate of drug-likeness (QED) is 0.903. The summed E-state index contributed by atoms with van der Waals surface area (Å²) in [5.41, 5.74) is 0.620. The number of hydrogen-bond donors (Lipinski definition) is 1. The lowest BCUT2D eigenvalue weighted by molar-refractivity contribution is 0.0939. The highest BCUT2D eigenvalue weighted by molar-refractivity contribution is 5.96. The highest BCUT2D eigenvalue weighted by atomic mass is 16.5. The molecule has 1 N–H and O–H groups in total. The van der Waals surface area contributed by atoms with Gasteiger partial charge in [-0.3, -0.25) is 4.79 Å². The second-order valence-electron chi connectivity index (χ2n) is 5.54. The minimum absolute atomic E-state index is 0.0314. The Morgan fingerprint density at radius 2 is 1.95 bits per heavy atom. The SMILES string of the molecule is COc1ccccc1C(=O)NCC1CCC(C)CC1. The number of carbonyl (C=O) groups is 1. The van der Waals surface area contributed by atoms with Crippen molar-refractivity contribution in [1.82, 2.24) is 5.32 Å². The number of amides is 1. The number of rotatable bonds is 4. The zero-order chi connectivity index (χ0) is 13.7. The molecule has 0 atom stereocenters. The monoisotopic (exact) mass is 261 g/mol. The highest BCUT2D eigenvalue weighted by Crippen LogP contribution is 2.27. The molecule has 1 saturated carbocycles. The van der Waals surface area contributed by atoms with E-state index in [1.54, 1.807) is 13.2 Å². The predicted octanol–water partition coefficient (Wildman–Crippen LogP) is 3.25. The Labute approximate surface area is 115 Å². The summed E-state index contributed by atoms with van der Waals surface area (Å²) in [5.74, 6) is 2.09. The molecule has 1 aliphatic carbocycles. The summed E-state index contributed by atoms with van der Waals surface area (Å²) in [6.45, 7) is 3.09. The molecular formula is C16H23NO2. The normalized spacial score (nSPS) is 22.8. The summed E-state index contributed by atoms with van der Waals surface area (Å²) in [7, 11) is 1.59. The number of carbonyl (C=O) groups excluding carboxylic acids is 1. The van der Waals surface area contributed by atoms with Gasteiger partial charge >= 0.3 is 0 Å². The number of para-hydroxylation sites is 1. The Kier molecular flexibility index (Phi) is 4.83. The Morgan fingerprint density at radius 1 is 1.26 bits per heavy atom. The minimum Gasteiger partial charge on any atom is -0.496 e. The van der Waals surface area contributed by atoms with Crippen molar-refractivity contribution in [1.29, 1.82) is 0 Å². The summed E-state index contributed by atoms with van der Waals surface area (Å²) >= 11 is 0. The molecule has 0 aromatic heterocycles. The van der Waals surface area contributed by atoms with Gasteiger partial charge in [-0.15, -0.1) is 0 Å². The van der Waals surface area contributed by atoms with Crippen molar-refractivity contribution in [2.75, 3.05) is 13.7 Å². The van der Waals surface area contributed by atoms with Crippen molar-refractivity contribution in [3.63, 3.8) is 0 Å². The fraction of sp³-hybridized carbons (Fsp3) is 0.562. The molecular weight excluding hydrogens is 238 g/mol. The average Bonchev–Trinajstić information content (AvgIpc) is 2.46. The largest absolute Gasteiger partial charge is 0.496 e. The smallest absolute Gasteiger partial charge is 0.255 e. The van der Waals surface area contributed by atoms with Crippen molar-refractivity contribution in [2.24, 2.45) is 11.8 Å². The molecule has 3 nitrogen and oxygen atoms in total. The Hall–Kier alpha value is -1.51. The van der Waals surface area contributed by atoms with Crippen molar-refractivity contribution in [3.05, 3.63) is 29.8 Å². The van der Waals surface area contributed by atoms with Gasteiger partial charge < -0.3 is 10.1 Å². The Bertz CT molecular complexity index is 423. The standard InChI is InChI=1S/C16H23NO2/c1-12-7-9-13(10-8-12)11-17-16(18)14-5-3-4-6-15(14)19-2/h3-6,12-13H,7-11H2,1-2H3,(H,17,18). The van der Waals surface area contributed by atoms with Crippen LogP contribution < -0.4 is 10.1 Å². The lowest BCUT2D eigenvalue weighted by Gasteiger charge is -2.26. The molecule has 1 fully saturated rings. The number of methoxy groups -OCH3 is 1. The summed E-state index contributed by atoms with van der Waals surface area (Å²) in [5, 5.41) is 3.04. The van der Waals surface area contributed by atoms with Crippen LogP contribution in [0.25, 0.3) is 0 Å². The van der Waals surface area contributed by atoms with E-state index in [4.69, 9.17) is 4.74 Å². The van der Waals surface area contributed by atoms with Crippen LogP contribution in [-0.4, -0.2) is 19.6 Å². The van der Waals surface area contributed by atoms with Gasteiger partial charge in [-0.25, -0.2) is 0 Å². The Morgan fingerprint density at radius 3 is 2.63 bits per heavy atom. The first-order valence-corrected chi connectivity index (χ1v) is 7.12. The van der Waals surface area contributed by atoms with Crippen molar-refractivity contribution in [3.8, 4) is 5.75 Å². The fourth-order valence-electron chi connectivity index (χ4n) is 2.70. The summed E-state index contributed by atoms with van der Waals surface area (Å²) in [4.78, 5) is 12.1. The first-order valence-electron chi connectivity index (χ1n) is 7.12. The topological polar surface area (TPSA) is 38.3 Å². The second-order valence-corrected chi connectivity index (χ2v) is 5.54. The van der Waals surface area contributed by atoms with E-state index >= 15 is 0 Å². The van der Waals surface area contributed by atoms with Crippen LogP contribution in [0.1, 0.15) is 43.0 Å². The van der Waals surface area contributed by atoms with Gasteiger partial charge in [0, 0.05) is 6.54 Å². The van der Waals surface area contributed by atoms with E-state index in [2.05, 4.69) is 12.2 Å². The van der Waals surface area contributed by atoms with Crippen LogP contribution in [0.3, 0.4) is 0 Å². The van der Waals surface area contributed by atoms with Gasteiger partial charge in [0.05, 0.1) is 12.7 Å². The molecule has 3 heteroatoms. The third-order valence-corrected chi connectivity index (χ3v) is 4.04. The second kappa shape index (κ2) is 6.60. The zero-order valence-corrected chi connectivity index (χ0v) is 11.8. The van der Waals surface area contributed by atoms with Crippen LogP contribution >= 0.6 is 0 Å². The predicted molar refractivity (Wildman–Crippen MR) is 76.4 cm³/mol. The number of ether oxygens (including phenoxy) is 1. The maximum atomic E-state index is 12.1. The maximum absolute atomic E-state index is 12.1. The average molecular weight is 261 g/mol. The van der Waals surface area contributed by atoms with E-state index in [1.165, 1.54) is 25.7 Å². The maximum Gasteiger partial charge on any atom is 0.255 e. The van der Waals surface area contributed by atoms with Crippen LogP contribution in [0.2, 0.25) is 0 Å². The molecule has 0 radical (unpaired) electrons. The van der Waals surface area contributed by atoms with Gasteiger partial charge in [-0.2, -0.15) is 0 Å². The summed E-state index contributed by atoms with van der Waals surface area (Å²) in [6.07, 6.45) is 5.03. The Balaban J connectivity index is 1.87. The third-order valence-electron chi connectivity index (χ3n) is 4.04. The molecule has 0 unspecified atom stereocenters. The first kappa shape index (κ1) is 13.9. The van der Waals surface area contributed by atoms with Gasteiger partial charge in [-0.05, 0) is 36.8 Å². The van der Waals surface area contributed by atoms with Gasteiger partial charge in [0.1, 0.15) is 5.75 Å². The molecule has 0 heterocycles. The van der Waals surface area contributed by atoms with Crippen molar-refractivity contribution in [2.45, 2.75) is 32.6 Å². The van der Waals surface area contributed by atoms with Crippen LogP contribution in [0.5, 0.6) is 5.75 Å². The minimum atomic E-state index is -0.0314. The molecule has 0 saturated heterocycles. The molecule has 0 bridgehead atoms. The van der Waals surface area contributed by atoms with E-state index in [0.29, 0.717) is 17.2 Å². The lowest BCUT2D eigenvalue weighted by atomic mass is 9.83. The molecule has 19 heavy (non-hydrogen) atoms. The molecule has 0 spiro atoms. The van der Waals surface area contributed by atoms with Crippen molar-refractivity contribution < 1.29 is 9.53 Å². The molecule has 2 rings (SSSR count). The molecule has 1 aromatic rings. The van der Waals surface area contributed by atoms with Crippen LogP contribution in [0.15, 0.2) is 24.3 Å². The van der Waals surface area contributed by atoms with Gasteiger partial charge in [0.25, 0.3) is 5.91 Å². The first-order chi connectivity index (χ1) is 9.20. The molecule has 1 aliphatic rings. The lowest BCUT2D eigenvalue weighted by Crippen LogP contribution is -2.31. The number of benzene rings is 1. The van der Waals surface area contributed by atoms with E-state index in [9.17, 15) is 4.79 Å². The van der Waals surface area contributed by atoms with Gasteiger partial charge in [0.15, 0.2) is 0 Å². The van der Waals surface area contributed by atoms with E-state index < -0.39 is 0 Å².